The van der Waals surface area contributed by atoms with Crippen LogP contribution in [0.4, 0.5) is 5.69 Å². The van der Waals surface area contributed by atoms with Crippen LogP contribution in [0.2, 0.25) is 0 Å². The monoisotopic (exact) mass is 285 g/mol. The van der Waals surface area contributed by atoms with Gasteiger partial charge in [0.2, 0.25) is 10.0 Å². The zero-order valence-corrected chi connectivity index (χ0v) is 11.7. The summed E-state index contributed by atoms with van der Waals surface area (Å²) >= 11 is 0. The molecule has 106 valence electrons. The topological polar surface area (TPSA) is 79.5 Å². The van der Waals surface area contributed by atoms with Crippen molar-refractivity contribution in [3.63, 3.8) is 0 Å². The predicted octanol–water partition coefficient (Wildman–Crippen LogP) is -0.00500. The van der Waals surface area contributed by atoms with E-state index in [1.54, 1.807) is 24.3 Å². The number of hydrogen-bond acceptors (Lipinski definition) is 5. The van der Waals surface area contributed by atoms with Crippen molar-refractivity contribution >= 4 is 15.7 Å². The molecule has 0 aliphatic carbocycles. The Morgan fingerprint density at radius 1 is 1.37 bits per heavy atom. The van der Waals surface area contributed by atoms with Crippen molar-refractivity contribution in [1.82, 2.24) is 10.0 Å². The van der Waals surface area contributed by atoms with E-state index in [9.17, 15) is 8.42 Å². The minimum atomic E-state index is -3.36. The van der Waals surface area contributed by atoms with Crippen LogP contribution in [-0.2, 0) is 14.8 Å². The van der Waals surface area contributed by atoms with E-state index < -0.39 is 10.0 Å². The highest BCUT2D eigenvalue weighted by Crippen LogP contribution is 2.13. The van der Waals surface area contributed by atoms with Crippen LogP contribution >= 0.6 is 0 Å². The first-order chi connectivity index (χ1) is 9.12. The molecule has 3 N–H and O–H groups in total. The number of morpholine rings is 1. The number of ether oxygens (including phenoxy) is 1. The number of sulfonamides is 1. The summed E-state index contributed by atoms with van der Waals surface area (Å²) in [6.07, 6.45) is 0. The summed E-state index contributed by atoms with van der Waals surface area (Å²) in [6, 6.07) is 6.97. The van der Waals surface area contributed by atoms with Crippen LogP contribution in [0.15, 0.2) is 29.2 Å². The van der Waals surface area contributed by atoms with E-state index >= 15 is 0 Å². The van der Waals surface area contributed by atoms with Gasteiger partial charge in [0.05, 0.1) is 18.1 Å². The second kappa shape index (κ2) is 6.33. The summed E-state index contributed by atoms with van der Waals surface area (Å²) in [5, 5.41) is 6.59. The van der Waals surface area contributed by atoms with Gasteiger partial charge in [-0.15, -0.1) is 0 Å². The van der Waals surface area contributed by atoms with E-state index in [4.69, 9.17) is 4.74 Å². The number of rotatable bonds is 5. The van der Waals surface area contributed by atoms with Crippen LogP contribution in [0.3, 0.4) is 0 Å². The third-order valence-electron chi connectivity index (χ3n) is 2.98. The molecule has 1 aliphatic rings. The summed E-state index contributed by atoms with van der Waals surface area (Å²) in [5.41, 5.74) is 0.891. The summed E-state index contributed by atoms with van der Waals surface area (Å²) in [4.78, 5) is 0.264. The Balaban J connectivity index is 1.91. The minimum absolute atomic E-state index is 0.264. The lowest BCUT2D eigenvalue weighted by Crippen LogP contribution is -2.45. The van der Waals surface area contributed by atoms with E-state index in [-0.39, 0.29) is 10.9 Å². The van der Waals surface area contributed by atoms with Crippen LogP contribution < -0.4 is 15.4 Å². The third kappa shape index (κ3) is 3.90. The Kier molecular flexibility index (Phi) is 4.76. The van der Waals surface area contributed by atoms with E-state index in [1.165, 1.54) is 7.05 Å². The first-order valence-electron chi connectivity index (χ1n) is 6.20. The van der Waals surface area contributed by atoms with Gasteiger partial charge in [0.25, 0.3) is 0 Å². The largest absolute Gasteiger partial charge is 0.383 e. The number of nitrogens with one attached hydrogen (secondary N) is 3. The van der Waals surface area contributed by atoms with Gasteiger partial charge < -0.3 is 15.4 Å². The van der Waals surface area contributed by atoms with Crippen molar-refractivity contribution < 1.29 is 13.2 Å². The lowest BCUT2D eigenvalue weighted by molar-refractivity contribution is 0.0806. The average molecular weight is 285 g/mol. The fraction of sp³-hybridized carbons (Fsp3) is 0.500. The molecule has 1 aliphatic heterocycles. The standard InChI is InChI=1S/C12H19N3O3S/c1-13-19(16,17)12-4-2-10(3-5-12)15-8-11-9-18-7-6-14-11/h2-5,11,13-15H,6-9H2,1H3. The summed E-state index contributed by atoms with van der Waals surface area (Å²) in [6.45, 7) is 3.07. The van der Waals surface area contributed by atoms with Gasteiger partial charge in [0.15, 0.2) is 0 Å². The zero-order valence-electron chi connectivity index (χ0n) is 10.8. The first kappa shape index (κ1) is 14.3. The molecule has 1 fully saturated rings. The maximum absolute atomic E-state index is 11.6. The second-order valence-electron chi connectivity index (χ2n) is 4.34. The minimum Gasteiger partial charge on any atom is -0.383 e. The first-order valence-corrected chi connectivity index (χ1v) is 7.69. The van der Waals surface area contributed by atoms with Gasteiger partial charge >= 0.3 is 0 Å². The molecule has 1 saturated heterocycles. The molecule has 0 aromatic heterocycles. The highest BCUT2D eigenvalue weighted by atomic mass is 32.2. The molecular formula is C12H19N3O3S. The van der Waals surface area contributed by atoms with E-state index in [2.05, 4.69) is 15.4 Å². The van der Waals surface area contributed by atoms with E-state index in [1.807, 2.05) is 0 Å². The third-order valence-corrected chi connectivity index (χ3v) is 4.41. The molecule has 19 heavy (non-hydrogen) atoms. The zero-order chi connectivity index (χ0) is 13.7. The van der Waals surface area contributed by atoms with Crippen LogP contribution in [0.1, 0.15) is 0 Å². The van der Waals surface area contributed by atoms with Crippen molar-refractivity contribution in [3.05, 3.63) is 24.3 Å². The fourth-order valence-corrected chi connectivity index (χ4v) is 2.59. The van der Waals surface area contributed by atoms with Crippen LogP contribution in [0.5, 0.6) is 0 Å². The maximum Gasteiger partial charge on any atom is 0.240 e. The molecule has 1 atom stereocenters. The van der Waals surface area contributed by atoms with E-state index in [0.29, 0.717) is 6.61 Å². The summed E-state index contributed by atoms with van der Waals surface area (Å²) < 4.78 is 30.8. The highest BCUT2D eigenvalue weighted by molar-refractivity contribution is 7.89. The number of benzene rings is 1. The smallest absolute Gasteiger partial charge is 0.240 e. The van der Waals surface area contributed by atoms with Gasteiger partial charge in [-0.1, -0.05) is 0 Å². The van der Waals surface area contributed by atoms with Crippen molar-refractivity contribution in [1.29, 1.82) is 0 Å². The Labute approximate surface area is 113 Å². The van der Waals surface area contributed by atoms with E-state index in [0.717, 1.165) is 25.4 Å². The fourth-order valence-electron chi connectivity index (χ4n) is 1.86. The molecular weight excluding hydrogens is 266 g/mol. The number of hydrogen-bond donors (Lipinski definition) is 3. The van der Waals surface area contributed by atoms with Crippen LogP contribution in [0, 0.1) is 0 Å². The molecule has 1 aromatic carbocycles. The molecule has 0 radical (unpaired) electrons. The Morgan fingerprint density at radius 3 is 2.68 bits per heavy atom. The van der Waals surface area contributed by atoms with Gasteiger partial charge in [-0.25, -0.2) is 13.1 Å². The molecule has 0 amide bonds. The molecule has 0 saturated carbocycles. The average Bonchev–Trinajstić information content (AvgIpc) is 2.47. The van der Waals surface area contributed by atoms with Crippen LogP contribution in [0.25, 0.3) is 0 Å². The van der Waals surface area contributed by atoms with Crippen LogP contribution in [-0.4, -0.2) is 47.8 Å². The van der Waals surface area contributed by atoms with Gasteiger partial charge in [-0.2, -0.15) is 0 Å². The van der Waals surface area contributed by atoms with Crippen molar-refractivity contribution in [2.45, 2.75) is 10.9 Å². The Bertz CT molecular complexity index is 495. The summed E-state index contributed by atoms with van der Waals surface area (Å²) in [7, 11) is -1.96. The normalized spacial score (nSPS) is 20.2. The van der Waals surface area contributed by atoms with Crippen molar-refractivity contribution in [2.75, 3.05) is 38.7 Å². The quantitative estimate of drug-likeness (QED) is 0.709. The second-order valence-corrected chi connectivity index (χ2v) is 6.23. The highest BCUT2D eigenvalue weighted by Gasteiger charge is 2.13. The lowest BCUT2D eigenvalue weighted by atomic mass is 10.2. The molecule has 1 aromatic rings. The molecule has 1 heterocycles. The molecule has 7 heteroatoms. The Morgan fingerprint density at radius 2 is 2.11 bits per heavy atom. The molecule has 0 spiro atoms. The lowest BCUT2D eigenvalue weighted by Gasteiger charge is -2.24. The van der Waals surface area contributed by atoms with Gasteiger partial charge in [-0.3, -0.25) is 0 Å². The van der Waals surface area contributed by atoms with Gasteiger partial charge in [0, 0.05) is 24.8 Å². The molecule has 0 bridgehead atoms. The summed E-state index contributed by atoms with van der Waals surface area (Å²) in [5.74, 6) is 0. The maximum atomic E-state index is 11.6. The number of anilines is 1. The SMILES string of the molecule is CNS(=O)(=O)c1ccc(NCC2COCCN2)cc1. The predicted molar refractivity (Wildman–Crippen MR) is 73.8 cm³/mol. The Hall–Kier alpha value is -1.15. The molecule has 6 nitrogen and oxygen atoms in total. The van der Waals surface area contributed by atoms with Gasteiger partial charge in [0.1, 0.15) is 0 Å². The van der Waals surface area contributed by atoms with Crippen molar-refractivity contribution in [2.24, 2.45) is 0 Å². The van der Waals surface area contributed by atoms with Crippen molar-refractivity contribution in [3.8, 4) is 0 Å². The molecule has 2 rings (SSSR count). The van der Waals surface area contributed by atoms with Gasteiger partial charge in [-0.05, 0) is 31.3 Å². The molecule has 1 unspecified atom stereocenters.